The number of likely N-dealkylation sites (tertiary alicyclic amines) is 1. The molecule has 0 saturated carbocycles. The Hall–Kier alpha value is -2.41. The average molecular weight is 335 g/mol. The van der Waals surface area contributed by atoms with Crippen LogP contribution in [0, 0.1) is 0 Å². The quantitative estimate of drug-likeness (QED) is 0.929. The van der Waals surface area contributed by atoms with Gasteiger partial charge >= 0.3 is 5.97 Å². The first kappa shape index (κ1) is 15.5. The second-order valence-electron chi connectivity index (χ2n) is 5.46. The van der Waals surface area contributed by atoms with Gasteiger partial charge in [0.2, 0.25) is 0 Å². The van der Waals surface area contributed by atoms with Crippen LogP contribution < -0.4 is 0 Å². The second-order valence-corrected chi connectivity index (χ2v) is 5.86. The molecule has 1 aliphatic heterocycles. The second kappa shape index (κ2) is 6.00. The van der Waals surface area contributed by atoms with Crippen molar-refractivity contribution in [1.82, 2.24) is 19.7 Å². The molecular weight excluding hydrogens is 320 g/mol. The van der Waals surface area contributed by atoms with Crippen molar-refractivity contribution in [3.63, 3.8) is 0 Å². The number of nitrogens with zero attached hydrogens (tertiary/aromatic N) is 4. The van der Waals surface area contributed by atoms with Crippen molar-refractivity contribution < 1.29 is 14.7 Å². The third-order valence-corrected chi connectivity index (χ3v) is 4.32. The smallest absolute Gasteiger partial charge is 0.335 e. The summed E-state index contributed by atoms with van der Waals surface area (Å²) in [6.45, 7) is 0.605. The van der Waals surface area contributed by atoms with E-state index in [2.05, 4.69) is 10.2 Å². The first-order chi connectivity index (χ1) is 11.0. The van der Waals surface area contributed by atoms with Gasteiger partial charge in [-0.05, 0) is 31.0 Å². The van der Waals surface area contributed by atoms with Gasteiger partial charge in [0, 0.05) is 13.6 Å². The number of halogens is 1. The molecule has 1 aromatic heterocycles. The third kappa shape index (κ3) is 2.79. The summed E-state index contributed by atoms with van der Waals surface area (Å²) in [4.78, 5) is 25.5. The molecule has 1 saturated heterocycles. The van der Waals surface area contributed by atoms with Gasteiger partial charge in [0.1, 0.15) is 6.33 Å². The molecule has 1 unspecified atom stereocenters. The predicted molar refractivity (Wildman–Crippen MR) is 82.4 cm³/mol. The molecule has 1 fully saturated rings. The minimum absolute atomic E-state index is 0.0535. The molecule has 8 heteroatoms. The van der Waals surface area contributed by atoms with Gasteiger partial charge in [-0.15, -0.1) is 10.2 Å². The van der Waals surface area contributed by atoms with Crippen LogP contribution in [0.25, 0.3) is 0 Å². The summed E-state index contributed by atoms with van der Waals surface area (Å²) in [5.41, 5.74) is 0.351. The fraction of sp³-hybridized carbons (Fsp3) is 0.333. The Bertz CT molecular complexity index is 774. The van der Waals surface area contributed by atoms with Crippen molar-refractivity contribution in [2.75, 3.05) is 6.54 Å². The highest BCUT2D eigenvalue weighted by Crippen LogP contribution is 2.33. The SMILES string of the molecule is Cn1cnnc1C1CCCN1C(=O)c1ccc(C(=O)O)cc1Cl. The molecule has 0 aliphatic carbocycles. The number of aromatic nitrogens is 3. The molecule has 1 amide bonds. The van der Waals surface area contributed by atoms with E-state index in [0.717, 1.165) is 18.7 Å². The molecule has 1 aliphatic rings. The number of carbonyl (C=O) groups is 2. The molecule has 1 aromatic carbocycles. The van der Waals surface area contributed by atoms with E-state index in [1.807, 2.05) is 7.05 Å². The zero-order chi connectivity index (χ0) is 16.6. The molecule has 0 radical (unpaired) electrons. The van der Waals surface area contributed by atoms with Gasteiger partial charge in [-0.2, -0.15) is 0 Å². The summed E-state index contributed by atoms with van der Waals surface area (Å²) in [6.07, 6.45) is 3.28. The molecule has 0 spiro atoms. The van der Waals surface area contributed by atoms with Crippen LogP contribution in [0.1, 0.15) is 45.4 Å². The molecule has 2 heterocycles. The summed E-state index contributed by atoms with van der Waals surface area (Å²) < 4.78 is 1.80. The Morgan fingerprint density at radius 2 is 2.17 bits per heavy atom. The Balaban J connectivity index is 1.90. The Morgan fingerprint density at radius 3 is 2.78 bits per heavy atom. The molecule has 1 atom stereocenters. The van der Waals surface area contributed by atoms with Gasteiger partial charge in [-0.3, -0.25) is 4.79 Å². The maximum absolute atomic E-state index is 12.8. The van der Waals surface area contributed by atoms with E-state index in [0.29, 0.717) is 12.1 Å². The van der Waals surface area contributed by atoms with Gasteiger partial charge in [0.25, 0.3) is 5.91 Å². The molecular formula is C15H15ClN4O3. The van der Waals surface area contributed by atoms with E-state index < -0.39 is 5.97 Å². The standard InChI is InChI=1S/C15H15ClN4O3/c1-19-8-17-18-13(19)12-3-2-6-20(12)14(21)10-5-4-9(15(22)23)7-11(10)16/h4-5,7-8,12H,2-3,6H2,1H3,(H,22,23). The lowest BCUT2D eigenvalue weighted by atomic mass is 10.1. The van der Waals surface area contributed by atoms with Gasteiger partial charge in [-0.1, -0.05) is 11.6 Å². The molecule has 23 heavy (non-hydrogen) atoms. The summed E-state index contributed by atoms with van der Waals surface area (Å²) >= 11 is 6.11. The van der Waals surface area contributed by atoms with Crippen LogP contribution in [-0.2, 0) is 7.05 Å². The van der Waals surface area contributed by atoms with E-state index >= 15 is 0 Å². The van der Waals surface area contributed by atoms with Gasteiger partial charge in [-0.25, -0.2) is 4.79 Å². The molecule has 2 aromatic rings. The van der Waals surface area contributed by atoms with Gasteiger partial charge in [0.05, 0.1) is 22.2 Å². The fourth-order valence-corrected chi connectivity index (χ4v) is 3.11. The maximum Gasteiger partial charge on any atom is 0.335 e. The molecule has 0 bridgehead atoms. The summed E-state index contributed by atoms with van der Waals surface area (Å²) in [5.74, 6) is -0.574. The van der Waals surface area contributed by atoms with E-state index in [9.17, 15) is 9.59 Å². The molecule has 7 nitrogen and oxygen atoms in total. The van der Waals surface area contributed by atoms with E-state index in [-0.39, 0.29) is 22.5 Å². The number of amides is 1. The summed E-state index contributed by atoms with van der Waals surface area (Å²) in [7, 11) is 1.84. The number of aryl methyl sites for hydroxylation is 1. The number of carbonyl (C=O) groups excluding carboxylic acids is 1. The van der Waals surface area contributed by atoms with Crippen molar-refractivity contribution in [2.45, 2.75) is 18.9 Å². The third-order valence-electron chi connectivity index (χ3n) is 4.00. The minimum atomic E-state index is -1.08. The van der Waals surface area contributed by atoms with Crippen LogP contribution in [0.2, 0.25) is 5.02 Å². The Morgan fingerprint density at radius 1 is 1.39 bits per heavy atom. The number of carboxylic acids is 1. The van der Waals surface area contributed by atoms with Crippen LogP contribution in [-0.4, -0.2) is 43.2 Å². The van der Waals surface area contributed by atoms with E-state index in [1.165, 1.54) is 18.2 Å². The minimum Gasteiger partial charge on any atom is -0.478 e. The first-order valence-electron chi connectivity index (χ1n) is 7.16. The number of rotatable bonds is 3. The average Bonchev–Trinajstić information content (AvgIpc) is 3.14. The lowest BCUT2D eigenvalue weighted by Gasteiger charge is -2.24. The van der Waals surface area contributed by atoms with E-state index in [4.69, 9.17) is 16.7 Å². The molecule has 120 valence electrons. The van der Waals surface area contributed by atoms with Crippen molar-refractivity contribution in [2.24, 2.45) is 7.05 Å². The zero-order valence-corrected chi connectivity index (χ0v) is 13.2. The van der Waals surface area contributed by atoms with Crippen LogP contribution in [0.15, 0.2) is 24.5 Å². The normalized spacial score (nSPS) is 17.5. The number of hydrogen-bond donors (Lipinski definition) is 1. The zero-order valence-electron chi connectivity index (χ0n) is 12.4. The highest BCUT2D eigenvalue weighted by atomic mass is 35.5. The molecule has 3 rings (SSSR count). The Labute approximate surface area is 137 Å². The fourth-order valence-electron chi connectivity index (χ4n) is 2.85. The highest BCUT2D eigenvalue weighted by molar-refractivity contribution is 6.34. The topological polar surface area (TPSA) is 88.3 Å². The highest BCUT2D eigenvalue weighted by Gasteiger charge is 2.34. The Kier molecular flexibility index (Phi) is 4.04. The first-order valence-corrected chi connectivity index (χ1v) is 7.54. The van der Waals surface area contributed by atoms with Crippen molar-refractivity contribution >= 4 is 23.5 Å². The van der Waals surface area contributed by atoms with Gasteiger partial charge in [0.15, 0.2) is 5.82 Å². The van der Waals surface area contributed by atoms with E-state index in [1.54, 1.807) is 15.8 Å². The van der Waals surface area contributed by atoms with Crippen LogP contribution in [0.5, 0.6) is 0 Å². The monoisotopic (exact) mass is 334 g/mol. The predicted octanol–water partition coefficient (Wildman–Crippen LogP) is 2.14. The number of carboxylic acid groups (broad SMARTS) is 1. The van der Waals surface area contributed by atoms with Crippen molar-refractivity contribution in [1.29, 1.82) is 0 Å². The van der Waals surface area contributed by atoms with Crippen molar-refractivity contribution in [3.05, 3.63) is 46.5 Å². The largest absolute Gasteiger partial charge is 0.478 e. The number of aromatic carboxylic acids is 1. The number of hydrogen-bond acceptors (Lipinski definition) is 4. The lowest BCUT2D eigenvalue weighted by Crippen LogP contribution is -2.32. The number of benzene rings is 1. The summed E-state index contributed by atoms with van der Waals surface area (Å²) in [6, 6.07) is 3.99. The van der Waals surface area contributed by atoms with Crippen LogP contribution in [0.4, 0.5) is 0 Å². The van der Waals surface area contributed by atoms with Gasteiger partial charge < -0.3 is 14.6 Å². The van der Waals surface area contributed by atoms with Crippen LogP contribution in [0.3, 0.4) is 0 Å². The summed E-state index contributed by atoms with van der Waals surface area (Å²) in [5, 5.41) is 17.1. The maximum atomic E-state index is 12.8. The molecule has 1 N–H and O–H groups in total. The van der Waals surface area contributed by atoms with Crippen molar-refractivity contribution in [3.8, 4) is 0 Å². The van der Waals surface area contributed by atoms with Crippen LogP contribution >= 0.6 is 11.6 Å². The lowest BCUT2D eigenvalue weighted by molar-refractivity contribution is 0.0691.